The van der Waals surface area contributed by atoms with Gasteiger partial charge in [-0.25, -0.2) is 0 Å². The minimum Gasteiger partial charge on any atom is -0.381 e. The predicted molar refractivity (Wildman–Crippen MR) is 72.9 cm³/mol. The second-order valence-electron chi connectivity index (χ2n) is 5.55. The van der Waals surface area contributed by atoms with Gasteiger partial charge in [-0.3, -0.25) is 0 Å². The first-order chi connectivity index (χ1) is 8.83. The topological polar surface area (TPSA) is 33.7 Å². The smallest absolute Gasteiger partial charge is 0.0698 e. The van der Waals surface area contributed by atoms with Crippen LogP contribution in [0.15, 0.2) is 0 Å². The molecule has 2 rings (SSSR count). The Morgan fingerprint density at radius 3 is 3.06 bits per heavy atom. The predicted octanol–water partition coefficient (Wildman–Crippen LogP) is 1.11. The van der Waals surface area contributed by atoms with Gasteiger partial charge in [-0.2, -0.15) is 0 Å². The van der Waals surface area contributed by atoms with Crippen molar-refractivity contribution in [2.75, 3.05) is 46.5 Å². The molecular weight excluding hydrogens is 228 g/mol. The van der Waals surface area contributed by atoms with E-state index in [0.717, 1.165) is 39.3 Å². The van der Waals surface area contributed by atoms with Gasteiger partial charge in [0.2, 0.25) is 0 Å². The van der Waals surface area contributed by atoms with E-state index in [1.54, 1.807) is 0 Å². The summed E-state index contributed by atoms with van der Waals surface area (Å²) in [5, 5.41) is 3.61. The van der Waals surface area contributed by atoms with Gasteiger partial charge in [0.25, 0.3) is 0 Å². The van der Waals surface area contributed by atoms with Crippen molar-refractivity contribution >= 4 is 0 Å². The summed E-state index contributed by atoms with van der Waals surface area (Å²) < 4.78 is 11.2. The van der Waals surface area contributed by atoms with Crippen LogP contribution in [-0.4, -0.2) is 63.5 Å². The Hall–Kier alpha value is -0.160. The Morgan fingerprint density at radius 2 is 2.28 bits per heavy atom. The van der Waals surface area contributed by atoms with Crippen molar-refractivity contribution in [1.82, 2.24) is 10.2 Å². The molecule has 1 N–H and O–H groups in total. The molecule has 2 fully saturated rings. The van der Waals surface area contributed by atoms with Gasteiger partial charge in [0.05, 0.1) is 12.7 Å². The second-order valence-corrected chi connectivity index (χ2v) is 5.55. The summed E-state index contributed by atoms with van der Waals surface area (Å²) in [5.74, 6) is 0.634. The minimum atomic E-state index is 0.431. The number of nitrogens with zero attached hydrogens (tertiary/aromatic N) is 1. The van der Waals surface area contributed by atoms with Crippen molar-refractivity contribution in [3.8, 4) is 0 Å². The molecule has 4 nitrogen and oxygen atoms in total. The molecule has 2 heterocycles. The van der Waals surface area contributed by atoms with Crippen LogP contribution >= 0.6 is 0 Å². The molecule has 106 valence electrons. The van der Waals surface area contributed by atoms with E-state index < -0.39 is 0 Å². The summed E-state index contributed by atoms with van der Waals surface area (Å²) in [6, 6.07) is 0.631. The van der Waals surface area contributed by atoms with E-state index in [0.29, 0.717) is 18.1 Å². The molecule has 2 aliphatic heterocycles. The Labute approximate surface area is 111 Å². The fourth-order valence-electron chi connectivity index (χ4n) is 3.21. The number of nitrogens with one attached hydrogen (secondary N) is 1. The van der Waals surface area contributed by atoms with Gasteiger partial charge in [0.15, 0.2) is 0 Å². The lowest BCUT2D eigenvalue weighted by atomic mass is 9.94. The van der Waals surface area contributed by atoms with Gasteiger partial charge in [-0.15, -0.1) is 0 Å². The first-order valence-electron chi connectivity index (χ1n) is 7.39. The van der Waals surface area contributed by atoms with Gasteiger partial charge in [-0.05, 0) is 32.4 Å². The number of rotatable bonds is 5. The van der Waals surface area contributed by atoms with Crippen LogP contribution in [0, 0.1) is 5.92 Å². The molecule has 3 unspecified atom stereocenters. The van der Waals surface area contributed by atoms with E-state index in [1.165, 1.54) is 19.4 Å². The molecule has 2 saturated heterocycles. The lowest BCUT2D eigenvalue weighted by Crippen LogP contribution is -2.50. The molecule has 0 aromatic rings. The molecule has 0 radical (unpaired) electrons. The highest BCUT2D eigenvalue weighted by atomic mass is 16.5. The normalized spacial score (nSPS) is 34.7. The van der Waals surface area contributed by atoms with Gasteiger partial charge in [0, 0.05) is 38.8 Å². The fraction of sp³-hybridized carbons (Fsp3) is 1.00. The summed E-state index contributed by atoms with van der Waals surface area (Å²) in [4.78, 5) is 2.56. The molecular formula is C14H28N2O2. The van der Waals surface area contributed by atoms with Crippen molar-refractivity contribution in [3.05, 3.63) is 0 Å². The van der Waals surface area contributed by atoms with Gasteiger partial charge < -0.3 is 19.7 Å². The Morgan fingerprint density at radius 1 is 1.39 bits per heavy atom. The van der Waals surface area contributed by atoms with Crippen molar-refractivity contribution in [1.29, 1.82) is 0 Å². The average Bonchev–Trinajstić information content (AvgIpc) is 2.41. The number of methoxy groups -OCH3 is 1. The van der Waals surface area contributed by atoms with Gasteiger partial charge >= 0.3 is 0 Å². The number of piperidine rings is 1. The quantitative estimate of drug-likeness (QED) is 0.799. The largest absolute Gasteiger partial charge is 0.381 e. The SMILES string of the molecule is CCNC1CCOCC1CN1CCCC(OC)C1. The van der Waals surface area contributed by atoms with Gasteiger partial charge in [0.1, 0.15) is 0 Å². The zero-order valence-electron chi connectivity index (χ0n) is 11.9. The van der Waals surface area contributed by atoms with Crippen molar-refractivity contribution in [2.45, 2.75) is 38.3 Å². The first kappa shape index (κ1) is 14.3. The maximum atomic E-state index is 5.66. The third-order valence-corrected chi connectivity index (χ3v) is 4.23. The highest BCUT2D eigenvalue weighted by Crippen LogP contribution is 2.19. The monoisotopic (exact) mass is 256 g/mol. The Balaban J connectivity index is 1.82. The number of hydrogen-bond donors (Lipinski definition) is 1. The molecule has 0 saturated carbocycles. The Bertz CT molecular complexity index is 236. The van der Waals surface area contributed by atoms with Crippen LogP contribution in [0.5, 0.6) is 0 Å². The number of likely N-dealkylation sites (tertiary alicyclic amines) is 1. The lowest BCUT2D eigenvalue weighted by molar-refractivity contribution is -0.00938. The standard InChI is InChI=1S/C14H28N2O2/c1-3-15-14-6-8-18-11-12(14)9-16-7-4-5-13(10-16)17-2/h12-15H,3-11H2,1-2H3. The molecule has 18 heavy (non-hydrogen) atoms. The Kier molecular flexibility index (Phi) is 5.89. The number of ether oxygens (including phenoxy) is 2. The third-order valence-electron chi connectivity index (χ3n) is 4.23. The van der Waals surface area contributed by atoms with Crippen LogP contribution < -0.4 is 5.32 Å². The zero-order valence-corrected chi connectivity index (χ0v) is 11.9. The van der Waals surface area contributed by atoms with Crippen LogP contribution in [0.2, 0.25) is 0 Å². The summed E-state index contributed by atoms with van der Waals surface area (Å²) in [6.07, 6.45) is 4.06. The fourth-order valence-corrected chi connectivity index (χ4v) is 3.21. The van der Waals surface area contributed by atoms with E-state index in [4.69, 9.17) is 9.47 Å². The molecule has 0 spiro atoms. The van der Waals surface area contributed by atoms with E-state index in [2.05, 4.69) is 17.1 Å². The van der Waals surface area contributed by atoms with E-state index in [1.807, 2.05) is 7.11 Å². The second kappa shape index (κ2) is 7.43. The molecule has 3 atom stereocenters. The van der Waals surface area contributed by atoms with Crippen LogP contribution in [-0.2, 0) is 9.47 Å². The maximum Gasteiger partial charge on any atom is 0.0698 e. The van der Waals surface area contributed by atoms with E-state index in [9.17, 15) is 0 Å². The summed E-state index contributed by atoms with van der Waals surface area (Å²) in [7, 11) is 1.83. The molecule has 0 bridgehead atoms. The molecule has 0 aromatic carbocycles. The molecule has 0 aliphatic carbocycles. The highest BCUT2D eigenvalue weighted by Gasteiger charge is 2.29. The van der Waals surface area contributed by atoms with E-state index in [-0.39, 0.29) is 0 Å². The molecule has 2 aliphatic rings. The average molecular weight is 256 g/mol. The third kappa shape index (κ3) is 3.92. The van der Waals surface area contributed by atoms with Crippen LogP contribution in [0.25, 0.3) is 0 Å². The van der Waals surface area contributed by atoms with Gasteiger partial charge in [-0.1, -0.05) is 6.92 Å². The van der Waals surface area contributed by atoms with Crippen molar-refractivity contribution in [3.63, 3.8) is 0 Å². The van der Waals surface area contributed by atoms with Crippen LogP contribution in [0.1, 0.15) is 26.2 Å². The number of hydrogen-bond acceptors (Lipinski definition) is 4. The van der Waals surface area contributed by atoms with Crippen molar-refractivity contribution < 1.29 is 9.47 Å². The summed E-state index contributed by atoms with van der Waals surface area (Å²) in [5.41, 5.74) is 0. The first-order valence-corrected chi connectivity index (χ1v) is 7.39. The van der Waals surface area contributed by atoms with Crippen LogP contribution in [0.4, 0.5) is 0 Å². The molecule has 4 heteroatoms. The van der Waals surface area contributed by atoms with Crippen molar-refractivity contribution in [2.24, 2.45) is 5.92 Å². The highest BCUT2D eigenvalue weighted by molar-refractivity contribution is 4.84. The minimum absolute atomic E-state index is 0.431. The van der Waals surface area contributed by atoms with Crippen LogP contribution in [0.3, 0.4) is 0 Å². The molecule has 0 aromatic heterocycles. The molecule has 0 amide bonds. The summed E-state index contributed by atoms with van der Waals surface area (Å²) >= 11 is 0. The lowest BCUT2D eigenvalue weighted by Gasteiger charge is -2.38. The summed E-state index contributed by atoms with van der Waals surface area (Å²) in [6.45, 7) is 8.52. The van der Waals surface area contributed by atoms with E-state index >= 15 is 0 Å². The maximum absolute atomic E-state index is 5.66. The zero-order chi connectivity index (χ0) is 12.8.